The second kappa shape index (κ2) is 8.58. The van der Waals surface area contributed by atoms with Gasteiger partial charge in [0.25, 0.3) is 0 Å². The molecule has 1 spiro atoms. The molecule has 0 bridgehead atoms. The molecule has 2 saturated heterocycles. The molecule has 7 heteroatoms. The van der Waals surface area contributed by atoms with Crippen LogP contribution in [0.1, 0.15) is 42.5 Å². The van der Waals surface area contributed by atoms with Crippen LogP contribution in [0.3, 0.4) is 0 Å². The summed E-state index contributed by atoms with van der Waals surface area (Å²) in [5, 5.41) is 0.610. The highest BCUT2D eigenvalue weighted by molar-refractivity contribution is 7.89. The number of aromatic nitrogens is 1. The van der Waals surface area contributed by atoms with E-state index in [9.17, 15) is 8.42 Å². The third kappa shape index (κ3) is 4.42. The number of aryl methyl sites for hydroxylation is 2. The van der Waals surface area contributed by atoms with Crippen molar-refractivity contribution in [2.24, 2.45) is 5.41 Å². The van der Waals surface area contributed by atoms with Gasteiger partial charge in [-0.05, 0) is 86.9 Å². The molecule has 1 aromatic carbocycles. The zero-order chi connectivity index (χ0) is 21.4. The lowest BCUT2D eigenvalue weighted by Gasteiger charge is -2.48. The number of sulfonamides is 1. The normalized spacial score (nSPS) is 23.7. The Morgan fingerprint density at radius 1 is 1.07 bits per heavy atom. The van der Waals surface area contributed by atoms with Crippen LogP contribution in [0.25, 0.3) is 0 Å². The minimum atomic E-state index is -3.54. The molecule has 4 rings (SSSR count). The fourth-order valence-electron chi connectivity index (χ4n) is 5.04. The number of benzene rings is 1. The first kappa shape index (κ1) is 21.8. The minimum Gasteiger partial charge on any atom is -0.297 e. The smallest absolute Gasteiger partial charge is 0.243 e. The van der Waals surface area contributed by atoms with Crippen molar-refractivity contribution in [3.8, 4) is 0 Å². The Bertz CT molecular complexity index is 1010. The molecule has 0 saturated carbocycles. The van der Waals surface area contributed by atoms with Crippen LogP contribution in [-0.2, 0) is 16.6 Å². The van der Waals surface area contributed by atoms with E-state index < -0.39 is 10.0 Å². The summed E-state index contributed by atoms with van der Waals surface area (Å²) in [4.78, 5) is 7.30. The first-order chi connectivity index (χ1) is 14.3. The number of rotatable bonds is 4. The summed E-state index contributed by atoms with van der Waals surface area (Å²) >= 11 is 6.20. The van der Waals surface area contributed by atoms with E-state index in [4.69, 9.17) is 11.6 Å². The molecule has 5 nitrogen and oxygen atoms in total. The second-order valence-electron chi connectivity index (χ2n) is 8.94. The number of pyridine rings is 1. The first-order valence-corrected chi connectivity index (χ1v) is 12.5. The van der Waals surface area contributed by atoms with Crippen LogP contribution in [0.5, 0.6) is 0 Å². The van der Waals surface area contributed by atoms with Crippen molar-refractivity contribution in [3.63, 3.8) is 0 Å². The quantitative estimate of drug-likeness (QED) is 0.696. The molecule has 30 heavy (non-hydrogen) atoms. The van der Waals surface area contributed by atoms with Gasteiger partial charge in [0, 0.05) is 37.4 Å². The van der Waals surface area contributed by atoms with E-state index in [1.165, 1.54) is 0 Å². The van der Waals surface area contributed by atoms with Crippen molar-refractivity contribution in [3.05, 3.63) is 58.4 Å². The average molecular weight is 448 g/mol. The lowest BCUT2D eigenvalue weighted by Crippen LogP contribution is -2.53. The van der Waals surface area contributed by atoms with Crippen LogP contribution in [0.15, 0.2) is 41.4 Å². The standard InChI is InChI=1S/C23H30ClN3O2S/c1-18-14-22(19(2)13-21(18)24)30(28,29)27-12-6-9-23(17-27)8-5-11-26(16-23)15-20-7-3-4-10-25-20/h3-4,7,10,13-14H,5-6,8-9,11-12,15-17H2,1-2H3. The lowest BCUT2D eigenvalue weighted by atomic mass is 9.74. The molecule has 162 valence electrons. The summed E-state index contributed by atoms with van der Waals surface area (Å²) in [7, 11) is -3.54. The summed E-state index contributed by atoms with van der Waals surface area (Å²) in [6.07, 6.45) is 6.00. The van der Waals surface area contributed by atoms with Gasteiger partial charge in [-0.3, -0.25) is 9.88 Å². The zero-order valence-electron chi connectivity index (χ0n) is 17.8. The third-order valence-corrected chi connectivity index (χ3v) is 8.95. The number of likely N-dealkylation sites (tertiary alicyclic amines) is 1. The molecule has 2 fully saturated rings. The predicted molar refractivity (Wildman–Crippen MR) is 120 cm³/mol. The van der Waals surface area contributed by atoms with Crippen LogP contribution < -0.4 is 0 Å². The average Bonchev–Trinajstić information content (AvgIpc) is 2.71. The molecule has 3 heterocycles. The van der Waals surface area contributed by atoms with Crippen LogP contribution >= 0.6 is 11.6 Å². The van der Waals surface area contributed by atoms with Gasteiger partial charge in [0.15, 0.2) is 0 Å². The molecular weight excluding hydrogens is 418 g/mol. The highest BCUT2D eigenvalue weighted by Gasteiger charge is 2.43. The van der Waals surface area contributed by atoms with Crippen molar-refractivity contribution in [1.82, 2.24) is 14.2 Å². The van der Waals surface area contributed by atoms with E-state index in [2.05, 4.69) is 16.0 Å². The molecule has 0 N–H and O–H groups in total. The van der Waals surface area contributed by atoms with Crippen LogP contribution in [0, 0.1) is 19.3 Å². The molecule has 0 radical (unpaired) electrons. The number of nitrogens with zero attached hydrogens (tertiary/aromatic N) is 3. The molecule has 2 aromatic rings. The van der Waals surface area contributed by atoms with Crippen molar-refractivity contribution in [1.29, 1.82) is 0 Å². The van der Waals surface area contributed by atoms with Gasteiger partial charge < -0.3 is 0 Å². The van der Waals surface area contributed by atoms with Crippen molar-refractivity contribution in [2.45, 2.75) is 51.0 Å². The Kier molecular flexibility index (Phi) is 6.22. The Balaban J connectivity index is 1.54. The predicted octanol–water partition coefficient (Wildman–Crippen LogP) is 4.42. The molecule has 0 aliphatic carbocycles. The first-order valence-electron chi connectivity index (χ1n) is 10.7. The maximum atomic E-state index is 13.5. The van der Waals surface area contributed by atoms with E-state index in [0.717, 1.165) is 56.6 Å². The fourth-order valence-corrected chi connectivity index (χ4v) is 7.14. The maximum absolute atomic E-state index is 13.5. The van der Waals surface area contributed by atoms with E-state index in [1.807, 2.05) is 32.2 Å². The summed E-state index contributed by atoms with van der Waals surface area (Å²) in [6.45, 7) is 7.66. The van der Waals surface area contributed by atoms with Gasteiger partial charge in [-0.15, -0.1) is 0 Å². The Morgan fingerprint density at radius 3 is 2.57 bits per heavy atom. The number of halogens is 1. The molecule has 1 atom stereocenters. The molecule has 1 aromatic heterocycles. The van der Waals surface area contributed by atoms with Gasteiger partial charge in [0.05, 0.1) is 10.6 Å². The van der Waals surface area contributed by atoms with E-state index in [1.54, 1.807) is 16.4 Å². The summed E-state index contributed by atoms with van der Waals surface area (Å²) in [6, 6.07) is 9.50. The van der Waals surface area contributed by atoms with Crippen LogP contribution in [0.2, 0.25) is 5.02 Å². The van der Waals surface area contributed by atoms with Crippen molar-refractivity contribution < 1.29 is 8.42 Å². The highest BCUT2D eigenvalue weighted by atomic mass is 35.5. The maximum Gasteiger partial charge on any atom is 0.243 e. The van der Waals surface area contributed by atoms with Gasteiger partial charge in [-0.25, -0.2) is 8.42 Å². The SMILES string of the molecule is Cc1cc(S(=O)(=O)N2CCCC3(CCCN(Cc4ccccn4)C3)C2)c(C)cc1Cl. The zero-order valence-corrected chi connectivity index (χ0v) is 19.3. The summed E-state index contributed by atoms with van der Waals surface area (Å²) in [5.41, 5.74) is 2.60. The number of hydrogen-bond donors (Lipinski definition) is 0. The Hall–Kier alpha value is -1.47. The molecular formula is C23H30ClN3O2S. The van der Waals surface area contributed by atoms with Gasteiger partial charge in [-0.2, -0.15) is 4.31 Å². The molecule has 1 unspecified atom stereocenters. The molecule has 2 aliphatic rings. The van der Waals surface area contributed by atoms with Crippen LogP contribution in [0.4, 0.5) is 0 Å². The highest BCUT2D eigenvalue weighted by Crippen LogP contribution is 2.41. The summed E-state index contributed by atoms with van der Waals surface area (Å²) in [5.74, 6) is 0. The number of hydrogen-bond acceptors (Lipinski definition) is 4. The van der Waals surface area contributed by atoms with Gasteiger partial charge in [0.1, 0.15) is 0 Å². The second-order valence-corrected chi connectivity index (χ2v) is 11.3. The summed E-state index contributed by atoms with van der Waals surface area (Å²) < 4.78 is 28.8. The van der Waals surface area contributed by atoms with E-state index in [0.29, 0.717) is 28.6 Å². The lowest BCUT2D eigenvalue weighted by molar-refractivity contribution is 0.0356. The largest absolute Gasteiger partial charge is 0.297 e. The van der Waals surface area contributed by atoms with Crippen molar-refractivity contribution in [2.75, 3.05) is 26.2 Å². The third-order valence-electron chi connectivity index (χ3n) is 6.55. The number of piperidine rings is 2. The monoisotopic (exact) mass is 447 g/mol. The van der Waals surface area contributed by atoms with E-state index >= 15 is 0 Å². The Labute approximate surface area is 185 Å². The van der Waals surface area contributed by atoms with Gasteiger partial charge in [0.2, 0.25) is 10.0 Å². The Morgan fingerprint density at radius 2 is 1.83 bits per heavy atom. The topological polar surface area (TPSA) is 53.5 Å². The minimum absolute atomic E-state index is 0.0216. The van der Waals surface area contributed by atoms with E-state index in [-0.39, 0.29) is 5.41 Å². The van der Waals surface area contributed by atoms with Gasteiger partial charge in [-0.1, -0.05) is 17.7 Å². The fraction of sp³-hybridized carbons (Fsp3) is 0.522. The molecule has 0 amide bonds. The van der Waals surface area contributed by atoms with Crippen LogP contribution in [-0.4, -0.2) is 48.8 Å². The van der Waals surface area contributed by atoms with Crippen molar-refractivity contribution >= 4 is 21.6 Å². The van der Waals surface area contributed by atoms with Gasteiger partial charge >= 0.3 is 0 Å². The molecule has 2 aliphatic heterocycles.